The first kappa shape index (κ1) is 17.8. The smallest absolute Gasteiger partial charge is 0.328 e. The van der Waals surface area contributed by atoms with Gasteiger partial charge in [-0.25, -0.2) is 4.79 Å². The van der Waals surface area contributed by atoms with Crippen LogP contribution in [0.2, 0.25) is 0 Å². The van der Waals surface area contributed by atoms with E-state index in [9.17, 15) is 4.79 Å². The second kappa shape index (κ2) is 6.90. The van der Waals surface area contributed by atoms with Crippen molar-refractivity contribution in [3.8, 4) is 0 Å². The highest BCUT2D eigenvalue weighted by Gasteiger charge is 2.39. The normalized spacial score (nSPS) is 23.7. The molecule has 23 heavy (non-hydrogen) atoms. The van der Waals surface area contributed by atoms with Crippen molar-refractivity contribution < 1.29 is 9.90 Å². The number of hydrogen-bond acceptors (Lipinski definition) is 1. The van der Waals surface area contributed by atoms with Crippen LogP contribution in [0.1, 0.15) is 66.2 Å². The second-order valence-electron chi connectivity index (χ2n) is 7.96. The Kier molecular flexibility index (Phi) is 5.33. The minimum atomic E-state index is -0.880. The monoisotopic (exact) mass is 314 g/mol. The first-order valence-corrected chi connectivity index (χ1v) is 8.71. The van der Waals surface area contributed by atoms with E-state index >= 15 is 0 Å². The zero-order valence-corrected chi connectivity index (χ0v) is 15.0. The number of hydrogen-bond donors (Lipinski definition) is 1. The van der Waals surface area contributed by atoms with Gasteiger partial charge in [-0.15, -0.1) is 0 Å². The lowest BCUT2D eigenvalue weighted by atomic mass is 9.72. The predicted molar refractivity (Wildman–Crippen MR) is 96.3 cm³/mol. The van der Waals surface area contributed by atoms with Crippen LogP contribution in [0.5, 0.6) is 0 Å². The molecule has 0 aromatic carbocycles. The summed E-state index contributed by atoms with van der Waals surface area (Å²) in [5.41, 5.74) is 4.47. The van der Waals surface area contributed by atoms with Crippen LogP contribution < -0.4 is 0 Å². The third-order valence-electron chi connectivity index (χ3n) is 5.29. The van der Waals surface area contributed by atoms with Crippen molar-refractivity contribution in [2.75, 3.05) is 0 Å². The van der Waals surface area contributed by atoms with E-state index in [0.29, 0.717) is 10.8 Å². The van der Waals surface area contributed by atoms with Crippen molar-refractivity contribution in [3.63, 3.8) is 0 Å². The maximum atomic E-state index is 10.6. The number of carboxylic acids is 1. The summed E-state index contributed by atoms with van der Waals surface area (Å²) in [7, 11) is 0. The quantitative estimate of drug-likeness (QED) is 0.495. The first-order valence-electron chi connectivity index (χ1n) is 8.71. The highest BCUT2D eigenvalue weighted by atomic mass is 16.4. The molecule has 2 aliphatic rings. The Hall–Kier alpha value is -1.57. The van der Waals surface area contributed by atoms with E-state index in [1.54, 1.807) is 5.57 Å². The Morgan fingerprint density at radius 1 is 1.26 bits per heavy atom. The SMILES string of the molecule is CC1=C(/C=C/C2(C/C=C/C(C)=C/C(=O)O)CC2)C(C)(C)CCC1. The van der Waals surface area contributed by atoms with E-state index in [-0.39, 0.29) is 0 Å². The zero-order chi connectivity index (χ0) is 17.1. The van der Waals surface area contributed by atoms with Crippen LogP contribution >= 0.6 is 0 Å². The fourth-order valence-electron chi connectivity index (χ4n) is 3.59. The molecule has 2 heteroatoms. The van der Waals surface area contributed by atoms with Gasteiger partial charge < -0.3 is 5.11 Å². The number of rotatable bonds is 6. The van der Waals surface area contributed by atoms with Gasteiger partial charge in [-0.1, -0.05) is 43.7 Å². The summed E-state index contributed by atoms with van der Waals surface area (Å²) < 4.78 is 0. The van der Waals surface area contributed by atoms with E-state index in [1.807, 2.05) is 13.0 Å². The molecule has 0 spiro atoms. The van der Waals surface area contributed by atoms with E-state index in [4.69, 9.17) is 5.11 Å². The summed E-state index contributed by atoms with van der Waals surface area (Å²) in [6, 6.07) is 0. The Morgan fingerprint density at radius 2 is 1.96 bits per heavy atom. The molecule has 0 radical (unpaired) electrons. The van der Waals surface area contributed by atoms with E-state index < -0.39 is 5.97 Å². The summed E-state index contributed by atoms with van der Waals surface area (Å²) in [6.07, 6.45) is 17.4. The number of carboxylic acid groups (broad SMARTS) is 1. The van der Waals surface area contributed by atoms with Gasteiger partial charge in [0.15, 0.2) is 0 Å². The molecule has 1 N–H and O–H groups in total. The van der Waals surface area contributed by atoms with Crippen LogP contribution in [0.3, 0.4) is 0 Å². The van der Waals surface area contributed by atoms with Gasteiger partial charge in [0.25, 0.3) is 0 Å². The van der Waals surface area contributed by atoms with E-state index in [0.717, 1.165) is 12.0 Å². The van der Waals surface area contributed by atoms with Gasteiger partial charge in [0.1, 0.15) is 0 Å². The second-order valence-corrected chi connectivity index (χ2v) is 7.96. The number of carbonyl (C=O) groups is 1. The van der Waals surface area contributed by atoms with Crippen molar-refractivity contribution in [2.24, 2.45) is 10.8 Å². The molecule has 1 saturated carbocycles. The van der Waals surface area contributed by atoms with Gasteiger partial charge in [-0.3, -0.25) is 0 Å². The maximum absolute atomic E-state index is 10.6. The molecule has 0 saturated heterocycles. The lowest BCUT2D eigenvalue weighted by molar-refractivity contribution is -0.131. The van der Waals surface area contributed by atoms with Crippen LogP contribution in [-0.2, 0) is 4.79 Å². The molecule has 0 aromatic rings. The summed E-state index contributed by atoms with van der Waals surface area (Å²) in [6.45, 7) is 8.82. The molecule has 126 valence electrons. The summed E-state index contributed by atoms with van der Waals surface area (Å²) in [4.78, 5) is 10.6. The lowest BCUT2D eigenvalue weighted by Crippen LogP contribution is -2.19. The maximum Gasteiger partial charge on any atom is 0.328 e. The zero-order valence-electron chi connectivity index (χ0n) is 15.0. The molecule has 2 aliphatic carbocycles. The van der Waals surface area contributed by atoms with Gasteiger partial charge in [-0.05, 0) is 74.3 Å². The van der Waals surface area contributed by atoms with Gasteiger partial charge in [0.2, 0.25) is 0 Å². The molecule has 0 unspecified atom stereocenters. The Balaban J connectivity index is 2.02. The predicted octanol–water partition coefficient (Wildman–Crippen LogP) is 5.83. The minimum Gasteiger partial charge on any atom is -0.478 e. The Bertz CT molecular complexity index is 581. The molecule has 0 heterocycles. The Morgan fingerprint density at radius 3 is 2.52 bits per heavy atom. The van der Waals surface area contributed by atoms with Gasteiger partial charge in [-0.2, -0.15) is 0 Å². The lowest BCUT2D eigenvalue weighted by Gasteiger charge is -2.33. The third kappa shape index (κ3) is 4.95. The average molecular weight is 314 g/mol. The number of aliphatic carboxylic acids is 1. The highest BCUT2D eigenvalue weighted by molar-refractivity contribution is 5.81. The van der Waals surface area contributed by atoms with Crippen molar-refractivity contribution in [2.45, 2.75) is 66.2 Å². The molecule has 0 aliphatic heterocycles. The molecule has 2 nitrogen and oxygen atoms in total. The van der Waals surface area contributed by atoms with Crippen LogP contribution in [0.15, 0.2) is 47.1 Å². The van der Waals surface area contributed by atoms with E-state index in [2.05, 4.69) is 39.0 Å². The van der Waals surface area contributed by atoms with Gasteiger partial charge >= 0.3 is 5.97 Å². The van der Waals surface area contributed by atoms with Crippen molar-refractivity contribution >= 4 is 5.97 Å². The topological polar surface area (TPSA) is 37.3 Å². The van der Waals surface area contributed by atoms with Crippen molar-refractivity contribution in [3.05, 3.63) is 47.1 Å². The molecule has 0 aromatic heterocycles. The largest absolute Gasteiger partial charge is 0.478 e. The average Bonchev–Trinajstić information content (AvgIpc) is 3.16. The molecule has 0 amide bonds. The standard InChI is InChI=1S/C21H30O2/c1-16(15-19(22)23)7-5-11-21(13-14-21)12-9-18-17(2)8-6-10-20(18,3)4/h5,7,9,12,15H,6,8,10-11,13-14H2,1-4H3,(H,22,23)/b7-5+,12-9+,16-15+. The fourth-order valence-corrected chi connectivity index (χ4v) is 3.59. The molecular formula is C21H30O2. The van der Waals surface area contributed by atoms with Gasteiger partial charge in [0.05, 0.1) is 0 Å². The fraction of sp³-hybridized carbons (Fsp3) is 0.571. The van der Waals surface area contributed by atoms with Crippen molar-refractivity contribution in [1.29, 1.82) is 0 Å². The van der Waals surface area contributed by atoms with Gasteiger partial charge in [0, 0.05) is 6.08 Å². The molecular weight excluding hydrogens is 284 g/mol. The molecule has 0 atom stereocenters. The van der Waals surface area contributed by atoms with Crippen LogP contribution in [0.4, 0.5) is 0 Å². The van der Waals surface area contributed by atoms with Crippen LogP contribution in [0.25, 0.3) is 0 Å². The van der Waals surface area contributed by atoms with Crippen LogP contribution in [0, 0.1) is 10.8 Å². The molecule has 2 rings (SSSR count). The Labute approximate surface area is 140 Å². The first-order chi connectivity index (χ1) is 10.7. The minimum absolute atomic E-state index is 0.297. The van der Waals surface area contributed by atoms with E-state index in [1.165, 1.54) is 43.8 Å². The molecule has 0 bridgehead atoms. The summed E-state index contributed by atoms with van der Waals surface area (Å²) in [5.74, 6) is -0.880. The van der Waals surface area contributed by atoms with Crippen molar-refractivity contribution in [1.82, 2.24) is 0 Å². The summed E-state index contributed by atoms with van der Waals surface area (Å²) >= 11 is 0. The van der Waals surface area contributed by atoms with Crippen LogP contribution in [-0.4, -0.2) is 11.1 Å². The highest BCUT2D eigenvalue weighted by Crippen LogP contribution is 2.51. The summed E-state index contributed by atoms with van der Waals surface area (Å²) in [5, 5.41) is 8.73. The molecule has 1 fully saturated rings. The number of allylic oxidation sites excluding steroid dienone is 7. The third-order valence-corrected chi connectivity index (χ3v) is 5.29.